The first-order valence-electron chi connectivity index (χ1n) is 40.6. The molecule has 0 saturated carbocycles. The normalized spacial score (nSPS) is 14.1. The largest absolute Gasteiger partial charge is 0.494 e. The molecule has 3 aliphatic rings. The van der Waals surface area contributed by atoms with Gasteiger partial charge in [0.15, 0.2) is 0 Å². The van der Waals surface area contributed by atoms with Crippen LogP contribution in [-0.2, 0) is 10.8 Å². The Morgan fingerprint density at radius 3 is 0.929 bits per heavy atom. The Hall–Kier alpha value is -5.56. The molecule has 7 aromatic rings. The minimum absolute atomic E-state index is 0.529. The Morgan fingerprint density at radius 1 is 0.306 bits per heavy atom. The maximum atomic E-state index is 6.62. The van der Waals surface area contributed by atoms with Gasteiger partial charge in [0, 0.05) is 20.9 Å². The van der Waals surface area contributed by atoms with Gasteiger partial charge in [-0.15, -0.1) is 22.7 Å². The summed E-state index contributed by atoms with van der Waals surface area (Å²) in [5.41, 5.74) is 12.5. The molecule has 0 N–H and O–H groups in total. The van der Waals surface area contributed by atoms with E-state index in [1.54, 1.807) is 0 Å². The van der Waals surface area contributed by atoms with Crippen molar-refractivity contribution in [3.63, 3.8) is 0 Å². The Kier molecular flexibility index (Phi) is 31.7. The minimum Gasteiger partial charge on any atom is -0.494 e. The molecule has 0 radical (unpaired) electrons. The molecule has 10 rings (SSSR count). The molecule has 0 fully saturated rings. The molecule has 0 unspecified atom stereocenters. The second-order valence-corrected chi connectivity index (χ2v) is 31.4. The lowest BCUT2D eigenvalue weighted by molar-refractivity contribution is 0.304. The average molecular weight is 1360 g/mol. The van der Waals surface area contributed by atoms with Gasteiger partial charge in [-0.3, -0.25) is 0 Å². The summed E-state index contributed by atoms with van der Waals surface area (Å²) in [5, 5.41) is 0. The van der Waals surface area contributed by atoms with Crippen molar-refractivity contribution in [2.24, 2.45) is 0 Å². The van der Waals surface area contributed by atoms with Gasteiger partial charge in [0.05, 0.1) is 46.7 Å². The molecular formula is C92H126O4S2. The maximum Gasteiger partial charge on any atom is 0.119 e. The third-order valence-corrected chi connectivity index (χ3v) is 24.5. The van der Waals surface area contributed by atoms with E-state index in [4.69, 9.17) is 18.9 Å². The van der Waals surface area contributed by atoms with Crippen LogP contribution in [0.25, 0.3) is 25.4 Å². The highest BCUT2D eigenvalue weighted by Gasteiger charge is 2.54. The average Bonchev–Trinajstić information content (AvgIpc) is 1.49. The van der Waals surface area contributed by atoms with Crippen LogP contribution in [0.2, 0.25) is 0 Å². The first-order chi connectivity index (χ1) is 48.6. The summed E-state index contributed by atoms with van der Waals surface area (Å²) >= 11 is 4.09. The summed E-state index contributed by atoms with van der Waals surface area (Å²) < 4.78 is 29.3. The molecule has 6 heteroatoms. The zero-order chi connectivity index (χ0) is 67.7. The van der Waals surface area contributed by atoms with Crippen molar-refractivity contribution in [2.75, 3.05) is 26.4 Å². The van der Waals surface area contributed by atoms with Crippen LogP contribution in [0, 0.1) is 0 Å². The zero-order valence-electron chi connectivity index (χ0n) is 61.7. The molecule has 0 bridgehead atoms. The molecule has 98 heavy (non-hydrogen) atoms. The highest BCUT2D eigenvalue weighted by molar-refractivity contribution is 7.31. The minimum atomic E-state index is -0.602. The van der Waals surface area contributed by atoms with Gasteiger partial charge in [-0.05, 0) is 132 Å². The molecule has 0 aliphatic heterocycles. The summed E-state index contributed by atoms with van der Waals surface area (Å²) in [6.07, 6.45) is 59.6. The predicted molar refractivity (Wildman–Crippen MR) is 424 cm³/mol. The quantitative estimate of drug-likeness (QED) is 0.0356. The van der Waals surface area contributed by atoms with Crippen molar-refractivity contribution in [1.29, 1.82) is 0 Å². The summed E-state index contributed by atoms with van der Waals surface area (Å²) in [5.74, 6) is 3.82. The van der Waals surface area contributed by atoms with Crippen molar-refractivity contribution >= 4 is 37.6 Å². The van der Waals surface area contributed by atoms with Crippen molar-refractivity contribution in [1.82, 2.24) is 0 Å². The Labute approximate surface area is 603 Å². The number of ether oxygens (including phenoxy) is 4. The van der Waals surface area contributed by atoms with E-state index in [0.29, 0.717) is 0 Å². The Bertz CT molecular complexity index is 3290. The number of hydrogen-bond acceptors (Lipinski definition) is 6. The van der Waals surface area contributed by atoms with Crippen LogP contribution in [0.1, 0.15) is 341 Å². The third-order valence-electron chi connectivity index (χ3n) is 21.9. The summed E-state index contributed by atoms with van der Waals surface area (Å²) in [6.45, 7) is 12.2. The lowest BCUT2D eigenvalue weighted by Crippen LogP contribution is -2.30. The second kappa shape index (κ2) is 41.4. The van der Waals surface area contributed by atoms with E-state index in [1.807, 2.05) is 11.3 Å². The van der Waals surface area contributed by atoms with Gasteiger partial charge in [-0.2, -0.15) is 0 Å². The van der Waals surface area contributed by atoms with Crippen molar-refractivity contribution in [2.45, 2.75) is 308 Å². The number of hydrogen-bond donors (Lipinski definition) is 0. The van der Waals surface area contributed by atoms with E-state index in [9.17, 15) is 0 Å². The van der Waals surface area contributed by atoms with Gasteiger partial charge in [0.25, 0.3) is 0 Å². The van der Waals surface area contributed by atoms with E-state index in [1.165, 1.54) is 306 Å². The second-order valence-electron chi connectivity index (χ2n) is 29.4. The smallest absolute Gasteiger partial charge is 0.119 e. The highest BCUT2D eigenvalue weighted by atomic mass is 32.1. The van der Waals surface area contributed by atoms with E-state index in [2.05, 4.69) is 173 Å². The van der Waals surface area contributed by atoms with Crippen molar-refractivity contribution in [3.05, 3.63) is 183 Å². The van der Waals surface area contributed by atoms with Crippen molar-refractivity contribution < 1.29 is 18.9 Å². The van der Waals surface area contributed by atoms with Gasteiger partial charge in [0.2, 0.25) is 0 Å². The molecule has 0 atom stereocenters. The molecule has 2 heterocycles. The monoisotopic (exact) mass is 1360 g/mol. The van der Waals surface area contributed by atoms with Crippen LogP contribution in [0.4, 0.5) is 0 Å². The van der Waals surface area contributed by atoms with E-state index in [-0.39, 0.29) is 0 Å². The summed E-state index contributed by atoms with van der Waals surface area (Å²) in [7, 11) is 0. The zero-order valence-corrected chi connectivity index (χ0v) is 63.3. The molecule has 0 spiro atoms. The van der Waals surface area contributed by atoms with Crippen LogP contribution >= 0.6 is 22.7 Å². The van der Waals surface area contributed by atoms with Crippen LogP contribution in [0.3, 0.4) is 0 Å². The van der Waals surface area contributed by atoms with Crippen LogP contribution in [-0.4, -0.2) is 26.4 Å². The molecule has 2 aromatic heterocycles. The maximum absolute atomic E-state index is 6.62. The number of fused-ring (bicyclic) bond motifs is 8. The molecule has 4 nitrogen and oxygen atoms in total. The number of allylic oxidation sites excluding steroid dienone is 4. The topological polar surface area (TPSA) is 36.9 Å². The van der Waals surface area contributed by atoms with Crippen LogP contribution < -0.4 is 18.9 Å². The first kappa shape index (κ1) is 75.1. The Morgan fingerprint density at radius 2 is 0.592 bits per heavy atom. The van der Waals surface area contributed by atoms with E-state index < -0.39 is 10.8 Å². The van der Waals surface area contributed by atoms with Crippen LogP contribution in [0.15, 0.2) is 139 Å². The Balaban J connectivity index is 0.971. The highest BCUT2D eigenvalue weighted by Crippen LogP contribution is 2.68. The molecule has 0 amide bonds. The lowest BCUT2D eigenvalue weighted by atomic mass is 9.65. The van der Waals surface area contributed by atoms with E-state index in [0.717, 1.165) is 88.0 Å². The van der Waals surface area contributed by atoms with E-state index >= 15 is 0 Å². The number of unbranched alkanes of at least 4 members (excludes halogenated alkanes) is 36. The molecule has 3 aliphatic carbocycles. The summed E-state index contributed by atoms with van der Waals surface area (Å²) in [6, 6.07) is 46.8. The molecule has 0 saturated heterocycles. The van der Waals surface area contributed by atoms with Gasteiger partial charge in [-0.1, -0.05) is 344 Å². The van der Waals surface area contributed by atoms with Gasteiger partial charge < -0.3 is 18.9 Å². The predicted octanol–water partition coefficient (Wildman–Crippen LogP) is 29.0. The lowest BCUT2D eigenvalue weighted by Gasteiger charge is -2.36. The molecule has 5 aromatic carbocycles. The molecule has 530 valence electrons. The van der Waals surface area contributed by atoms with Gasteiger partial charge >= 0.3 is 0 Å². The first-order valence-corrected chi connectivity index (χ1v) is 42.2. The van der Waals surface area contributed by atoms with Gasteiger partial charge in [0.1, 0.15) is 23.0 Å². The summed E-state index contributed by atoms with van der Waals surface area (Å²) in [4.78, 5) is 2.80. The van der Waals surface area contributed by atoms with Crippen LogP contribution in [0.5, 0.6) is 23.0 Å². The van der Waals surface area contributed by atoms with Gasteiger partial charge in [-0.25, -0.2) is 0 Å². The standard InChI is InChI=1S/C92H126O4S2/c1-5-9-13-17-21-25-29-33-37-45-69-93-77-61-53-73(54-62-77)91(74-55-63-78(64-56-74)94-70-46-38-34-30-26-22-18-14-10-6-2)83-51-43-41-49-81(83)87-85(91)89-90(97-87)86-88(98-89)82-50-42-44-52-84(82)92(86,75-57-65-79(66-58-75)95-71-47-39-35-31-27-23-19-15-11-7-3)76-59-67-80(68-60-76)96-72-48-40-36-32-28-24-20-16-12-8-4/h41-43,49-51,53-68H,5-40,44-48,52,69-72H2,1-4H3. The molecular weight excluding hydrogens is 1230 g/mol. The third kappa shape index (κ3) is 19.5. The fraction of sp³-hybridized carbons (Fsp3) is 0.565. The fourth-order valence-electron chi connectivity index (χ4n) is 16.4. The fourth-order valence-corrected chi connectivity index (χ4v) is 19.6. The number of rotatable bonds is 52. The number of thiophene rings is 2. The van der Waals surface area contributed by atoms with Crippen molar-refractivity contribution in [3.8, 4) is 33.4 Å². The number of benzene rings is 5. The SMILES string of the molecule is CCCCCCCCCCCCOc1ccc(C2(c3ccc(OCCCCCCCCCCCC)cc3)C3=C(C=CCC3)c3sc4c5c(sc4c32)-c2ccccc2C5(c2ccc(OCCCCCCCCCCCC)cc2)c2ccc(OCCCCCCCCCCCC)cc2)cc1.